The lowest BCUT2D eigenvalue weighted by molar-refractivity contribution is 0.173. The average molecular weight is 376 g/mol. The maximum Gasteiger partial charge on any atom is 0.241 e. The normalized spacial score (nSPS) is 13.3. The Hall–Kier alpha value is -0.730. The molecule has 1 heterocycles. The molecule has 4 nitrogen and oxygen atoms in total. The Morgan fingerprint density at radius 2 is 2.00 bits per heavy atom. The third kappa shape index (κ3) is 3.89. The van der Waals surface area contributed by atoms with E-state index in [1.54, 1.807) is 18.2 Å². The van der Waals surface area contributed by atoms with Gasteiger partial charge in [0.15, 0.2) is 0 Å². The molecule has 0 amide bonds. The first-order valence-electron chi connectivity index (χ1n) is 5.96. The van der Waals surface area contributed by atoms with Gasteiger partial charge in [0.05, 0.1) is 11.0 Å². The van der Waals surface area contributed by atoms with Crippen molar-refractivity contribution in [3.63, 3.8) is 0 Å². The average Bonchev–Trinajstić information content (AvgIpc) is 2.92. The third-order valence-electron chi connectivity index (χ3n) is 2.71. The Morgan fingerprint density at radius 3 is 2.65 bits per heavy atom. The number of benzene rings is 1. The lowest BCUT2D eigenvalue weighted by Gasteiger charge is -2.11. The minimum Gasteiger partial charge on any atom is -0.388 e. The van der Waals surface area contributed by atoms with Crippen LogP contribution in [-0.4, -0.2) is 20.1 Å². The van der Waals surface area contributed by atoms with E-state index < -0.39 is 16.1 Å². The Labute approximate surface area is 130 Å². The summed E-state index contributed by atoms with van der Waals surface area (Å²) >= 11 is 4.67. The number of nitrogens with one attached hydrogen (secondary N) is 1. The topological polar surface area (TPSA) is 66.4 Å². The second-order valence-corrected chi connectivity index (χ2v) is 7.72. The van der Waals surface area contributed by atoms with Crippen molar-refractivity contribution in [3.05, 3.63) is 51.1 Å². The summed E-state index contributed by atoms with van der Waals surface area (Å²) in [6, 6.07) is 10.3. The Balaban J connectivity index is 1.95. The van der Waals surface area contributed by atoms with E-state index in [4.69, 9.17) is 0 Å². The van der Waals surface area contributed by atoms with Gasteiger partial charge in [0.2, 0.25) is 10.0 Å². The van der Waals surface area contributed by atoms with Gasteiger partial charge in [-0.3, -0.25) is 0 Å². The molecule has 0 spiro atoms. The van der Waals surface area contributed by atoms with Crippen molar-refractivity contribution in [2.24, 2.45) is 0 Å². The minimum atomic E-state index is -3.56. The van der Waals surface area contributed by atoms with Crippen LogP contribution >= 0.6 is 27.3 Å². The van der Waals surface area contributed by atoms with Gasteiger partial charge in [0.25, 0.3) is 0 Å². The zero-order chi connectivity index (χ0) is 14.6. The lowest BCUT2D eigenvalue weighted by Crippen LogP contribution is -2.26. The molecular formula is C13H14BrNO3S2. The summed E-state index contributed by atoms with van der Waals surface area (Å²) in [6.45, 7) is 0.183. The molecular weight excluding hydrogens is 362 g/mol. The highest BCUT2D eigenvalue weighted by molar-refractivity contribution is 9.10. The molecule has 0 bridgehead atoms. The highest BCUT2D eigenvalue weighted by Gasteiger charge is 2.17. The maximum atomic E-state index is 12.1. The van der Waals surface area contributed by atoms with Crippen LogP contribution in [0.15, 0.2) is 51.1 Å². The second kappa shape index (κ2) is 6.82. The van der Waals surface area contributed by atoms with Crippen LogP contribution < -0.4 is 4.72 Å². The van der Waals surface area contributed by atoms with E-state index >= 15 is 0 Å². The minimum absolute atomic E-state index is 0.183. The molecule has 20 heavy (non-hydrogen) atoms. The first kappa shape index (κ1) is 15.7. The van der Waals surface area contributed by atoms with E-state index in [2.05, 4.69) is 20.7 Å². The molecule has 108 valence electrons. The highest BCUT2D eigenvalue weighted by atomic mass is 79.9. The summed E-state index contributed by atoms with van der Waals surface area (Å²) < 4.78 is 27.2. The van der Waals surface area contributed by atoms with E-state index in [-0.39, 0.29) is 11.4 Å². The van der Waals surface area contributed by atoms with Gasteiger partial charge >= 0.3 is 0 Å². The SMILES string of the molecule is O=S(=O)(NCC[C@H](O)c1cccs1)c1ccccc1Br. The van der Waals surface area contributed by atoms with Gasteiger partial charge in [-0.2, -0.15) is 0 Å². The van der Waals surface area contributed by atoms with Crippen LogP contribution in [0.25, 0.3) is 0 Å². The number of rotatable bonds is 6. The van der Waals surface area contributed by atoms with Gasteiger partial charge in [0.1, 0.15) is 0 Å². The summed E-state index contributed by atoms with van der Waals surface area (Å²) in [5, 5.41) is 11.8. The fourth-order valence-electron chi connectivity index (χ4n) is 1.69. The fraction of sp³-hybridized carbons (Fsp3) is 0.231. The fourth-order valence-corrected chi connectivity index (χ4v) is 4.49. The standard InChI is InChI=1S/C13H14BrNO3S2/c14-10-4-1-2-6-13(10)20(17,18)15-8-7-11(16)12-5-3-9-19-12/h1-6,9,11,15-16H,7-8H2/t11-/m0/s1. The van der Waals surface area contributed by atoms with Gasteiger partial charge in [-0.05, 0) is 45.9 Å². The summed E-state index contributed by atoms with van der Waals surface area (Å²) in [4.78, 5) is 1.04. The van der Waals surface area contributed by atoms with Crippen molar-refractivity contribution in [2.45, 2.75) is 17.4 Å². The molecule has 0 fully saturated rings. The van der Waals surface area contributed by atoms with Crippen LogP contribution in [0.1, 0.15) is 17.4 Å². The molecule has 0 unspecified atom stereocenters. The Kier molecular flexibility index (Phi) is 5.34. The lowest BCUT2D eigenvalue weighted by atomic mass is 10.2. The molecule has 0 saturated heterocycles. The van der Waals surface area contributed by atoms with E-state index in [1.807, 2.05) is 17.5 Å². The highest BCUT2D eigenvalue weighted by Crippen LogP contribution is 2.23. The van der Waals surface area contributed by atoms with E-state index in [9.17, 15) is 13.5 Å². The van der Waals surface area contributed by atoms with Crippen LogP contribution in [-0.2, 0) is 10.0 Å². The van der Waals surface area contributed by atoms with Gasteiger partial charge in [-0.25, -0.2) is 13.1 Å². The van der Waals surface area contributed by atoms with Crippen molar-refractivity contribution >= 4 is 37.3 Å². The number of aliphatic hydroxyl groups is 1. The monoisotopic (exact) mass is 375 g/mol. The van der Waals surface area contributed by atoms with Crippen molar-refractivity contribution in [1.82, 2.24) is 4.72 Å². The molecule has 7 heteroatoms. The number of halogens is 1. The van der Waals surface area contributed by atoms with Crippen molar-refractivity contribution in [3.8, 4) is 0 Å². The molecule has 2 rings (SSSR count). The van der Waals surface area contributed by atoms with Gasteiger partial charge < -0.3 is 5.11 Å². The first-order chi connectivity index (χ1) is 9.50. The number of hydrogen-bond donors (Lipinski definition) is 2. The zero-order valence-electron chi connectivity index (χ0n) is 10.5. The summed E-state index contributed by atoms with van der Waals surface area (Å²) in [5.41, 5.74) is 0. The molecule has 0 aliphatic rings. The summed E-state index contributed by atoms with van der Waals surface area (Å²) in [7, 11) is -3.56. The molecule has 0 aliphatic carbocycles. The second-order valence-electron chi connectivity index (χ2n) is 4.15. The first-order valence-corrected chi connectivity index (χ1v) is 9.12. The van der Waals surface area contributed by atoms with Crippen molar-refractivity contribution in [2.75, 3.05) is 6.54 Å². The van der Waals surface area contributed by atoms with Crippen LogP contribution in [0.5, 0.6) is 0 Å². The van der Waals surface area contributed by atoms with E-state index in [1.165, 1.54) is 17.4 Å². The van der Waals surface area contributed by atoms with Crippen LogP contribution in [0, 0.1) is 0 Å². The predicted molar refractivity (Wildman–Crippen MR) is 83.2 cm³/mol. The van der Waals surface area contributed by atoms with Crippen LogP contribution in [0.3, 0.4) is 0 Å². The third-order valence-corrected chi connectivity index (χ3v) is 6.15. The molecule has 1 atom stereocenters. The molecule has 1 aromatic carbocycles. The number of aliphatic hydroxyl groups excluding tert-OH is 1. The molecule has 1 aromatic heterocycles. The van der Waals surface area contributed by atoms with E-state index in [0.29, 0.717) is 10.9 Å². The molecule has 0 radical (unpaired) electrons. The Bertz CT molecular complexity index is 656. The summed E-state index contributed by atoms with van der Waals surface area (Å²) in [6.07, 6.45) is -0.304. The largest absolute Gasteiger partial charge is 0.388 e. The predicted octanol–water partition coefficient (Wildman–Crippen LogP) is 2.91. The maximum absolute atomic E-state index is 12.1. The number of sulfonamides is 1. The van der Waals surface area contributed by atoms with Crippen molar-refractivity contribution < 1.29 is 13.5 Å². The summed E-state index contributed by atoms with van der Waals surface area (Å²) in [5.74, 6) is 0. The number of hydrogen-bond acceptors (Lipinski definition) is 4. The van der Waals surface area contributed by atoms with Crippen LogP contribution in [0.2, 0.25) is 0 Å². The van der Waals surface area contributed by atoms with Crippen molar-refractivity contribution in [1.29, 1.82) is 0 Å². The van der Waals surface area contributed by atoms with Gasteiger partial charge in [-0.1, -0.05) is 18.2 Å². The molecule has 2 aromatic rings. The van der Waals surface area contributed by atoms with Crippen LogP contribution in [0.4, 0.5) is 0 Å². The number of thiophene rings is 1. The smallest absolute Gasteiger partial charge is 0.241 e. The van der Waals surface area contributed by atoms with Gasteiger partial charge in [0, 0.05) is 15.9 Å². The molecule has 0 aliphatic heterocycles. The molecule has 0 saturated carbocycles. The molecule has 2 N–H and O–H groups in total. The Morgan fingerprint density at radius 1 is 1.25 bits per heavy atom. The van der Waals surface area contributed by atoms with E-state index in [0.717, 1.165) is 4.88 Å². The zero-order valence-corrected chi connectivity index (χ0v) is 13.7. The van der Waals surface area contributed by atoms with Gasteiger partial charge in [-0.15, -0.1) is 11.3 Å². The quantitative estimate of drug-likeness (QED) is 0.815.